The predicted molar refractivity (Wildman–Crippen MR) is 47.2 cm³/mol. The van der Waals surface area contributed by atoms with Gasteiger partial charge in [0.25, 0.3) is 0 Å². The number of fused-ring (bicyclic) bond motifs is 1. The molecule has 0 atom stereocenters. The summed E-state index contributed by atoms with van der Waals surface area (Å²) in [6.07, 6.45) is 1.66. The molecule has 2 rings (SSSR count). The third kappa shape index (κ3) is 5.43. The first-order valence-corrected chi connectivity index (χ1v) is 5.60. The Hall–Kier alpha value is -1.44. The van der Waals surface area contributed by atoms with Crippen molar-refractivity contribution >= 4 is 11.0 Å². The minimum atomic E-state index is -4.94. The van der Waals surface area contributed by atoms with Gasteiger partial charge in [-0.25, -0.2) is 23.1 Å². The normalized spacial score (nSPS) is 10.6. The fourth-order valence-electron chi connectivity index (χ4n) is 1.15. The van der Waals surface area contributed by atoms with Crippen molar-refractivity contribution < 1.29 is 38.0 Å². The SMILES string of the molecule is COc1ccc2[o+]cccc2c1.[O-][Cl+3]([O-])([O-])[O-]. The van der Waals surface area contributed by atoms with Gasteiger partial charge in [0.2, 0.25) is 0 Å². The van der Waals surface area contributed by atoms with Crippen molar-refractivity contribution in [2.75, 3.05) is 7.11 Å². The molecule has 2 aromatic rings. The maximum absolute atomic E-state index is 8.49. The van der Waals surface area contributed by atoms with Crippen LogP contribution in [0.1, 0.15) is 0 Å². The van der Waals surface area contributed by atoms with E-state index in [-0.39, 0.29) is 0 Å². The Morgan fingerprint density at radius 3 is 2.35 bits per heavy atom. The Kier molecular flexibility index (Phi) is 4.62. The Morgan fingerprint density at radius 2 is 1.76 bits per heavy atom. The summed E-state index contributed by atoms with van der Waals surface area (Å²) < 4.78 is 44.3. The number of hydrogen-bond donors (Lipinski definition) is 0. The van der Waals surface area contributed by atoms with Gasteiger partial charge < -0.3 is 4.74 Å². The third-order valence-electron chi connectivity index (χ3n) is 1.77. The number of rotatable bonds is 1. The lowest BCUT2D eigenvalue weighted by Crippen LogP contribution is -2.68. The molecule has 0 saturated heterocycles. The highest BCUT2D eigenvalue weighted by Crippen LogP contribution is 2.19. The first-order chi connectivity index (χ1) is 7.90. The molecular weight excluding hydrogens is 252 g/mol. The van der Waals surface area contributed by atoms with E-state index < -0.39 is 10.2 Å². The average Bonchev–Trinajstić information content (AvgIpc) is 2.26. The fraction of sp³-hybridized carbons (Fsp3) is 0.100. The average molecular weight is 261 g/mol. The molecule has 92 valence electrons. The molecule has 0 aliphatic carbocycles. The van der Waals surface area contributed by atoms with E-state index in [0.717, 1.165) is 16.7 Å². The molecule has 0 bridgehead atoms. The maximum atomic E-state index is 8.49. The van der Waals surface area contributed by atoms with E-state index in [4.69, 9.17) is 27.8 Å². The molecule has 0 N–H and O–H groups in total. The molecule has 1 aromatic carbocycles. The molecule has 0 fully saturated rings. The zero-order chi connectivity index (χ0) is 12.9. The van der Waals surface area contributed by atoms with E-state index in [1.54, 1.807) is 13.4 Å². The van der Waals surface area contributed by atoms with E-state index >= 15 is 0 Å². The third-order valence-corrected chi connectivity index (χ3v) is 1.77. The summed E-state index contributed by atoms with van der Waals surface area (Å²) in [5.74, 6) is 0.851. The smallest absolute Gasteiger partial charge is 0.360 e. The van der Waals surface area contributed by atoms with Crippen LogP contribution in [-0.4, -0.2) is 7.11 Å². The molecule has 7 heteroatoms. The molecule has 6 nitrogen and oxygen atoms in total. The zero-order valence-electron chi connectivity index (χ0n) is 8.79. The van der Waals surface area contributed by atoms with Gasteiger partial charge in [-0.05, 0) is 18.2 Å². The molecule has 0 amide bonds. The second kappa shape index (κ2) is 5.76. The number of methoxy groups -OCH3 is 1. The van der Waals surface area contributed by atoms with E-state index in [9.17, 15) is 0 Å². The first kappa shape index (κ1) is 13.6. The zero-order valence-corrected chi connectivity index (χ0v) is 9.55. The van der Waals surface area contributed by atoms with Crippen molar-refractivity contribution in [3.8, 4) is 5.75 Å². The molecule has 17 heavy (non-hydrogen) atoms. The van der Waals surface area contributed by atoms with E-state index in [1.165, 1.54) is 0 Å². The summed E-state index contributed by atoms with van der Waals surface area (Å²) in [5, 5.41) is 1.05. The van der Waals surface area contributed by atoms with Crippen LogP contribution < -0.4 is 23.4 Å². The van der Waals surface area contributed by atoms with Crippen LogP contribution in [0.2, 0.25) is 0 Å². The minimum absolute atomic E-state index is 0.851. The van der Waals surface area contributed by atoms with Gasteiger partial charge >= 0.3 is 11.8 Å². The summed E-state index contributed by atoms with van der Waals surface area (Å²) in [6.45, 7) is 0. The minimum Gasteiger partial charge on any atom is -0.497 e. The van der Waals surface area contributed by atoms with Gasteiger partial charge in [0.15, 0.2) is 0 Å². The van der Waals surface area contributed by atoms with Crippen molar-refractivity contribution in [3.63, 3.8) is 0 Å². The summed E-state index contributed by atoms with van der Waals surface area (Å²) in [7, 11) is -3.29. The van der Waals surface area contributed by atoms with Crippen LogP contribution >= 0.6 is 0 Å². The summed E-state index contributed by atoms with van der Waals surface area (Å²) in [4.78, 5) is 0. The first-order valence-electron chi connectivity index (χ1n) is 4.36. The van der Waals surface area contributed by atoms with Crippen LogP contribution in [0.25, 0.3) is 11.0 Å². The molecule has 0 aliphatic rings. The van der Waals surface area contributed by atoms with Gasteiger partial charge in [-0.15, -0.1) is 10.2 Å². The Bertz CT molecular complexity index is 475. The van der Waals surface area contributed by atoms with Crippen LogP contribution in [0.15, 0.2) is 41.0 Å². The maximum Gasteiger partial charge on any atom is 0.360 e. The van der Waals surface area contributed by atoms with Crippen molar-refractivity contribution in [1.29, 1.82) is 0 Å². The monoisotopic (exact) mass is 260 g/mol. The molecule has 0 aliphatic heterocycles. The Balaban J connectivity index is 0.000000249. The summed E-state index contributed by atoms with van der Waals surface area (Å²) >= 11 is 0. The molecular formula is C10H9ClO6. The largest absolute Gasteiger partial charge is 0.497 e. The molecule has 0 radical (unpaired) electrons. The highest BCUT2D eigenvalue weighted by atomic mass is 35.7. The van der Waals surface area contributed by atoms with Gasteiger partial charge in [0, 0.05) is 12.1 Å². The number of ether oxygens (including phenoxy) is 1. The standard InChI is InChI=1S/C10H9O2.ClHO4/c1-11-9-4-5-10-8(7-9)3-2-6-12-10;2-1(3,4)5/h2-7H,1H3;(H,2,3,4,5)/q+1;/p-1. The quantitative estimate of drug-likeness (QED) is 0.546. The lowest BCUT2D eigenvalue weighted by atomic mass is 10.2. The van der Waals surface area contributed by atoms with Gasteiger partial charge in [0.1, 0.15) is 5.75 Å². The topological polar surface area (TPSA) is 113 Å². The van der Waals surface area contributed by atoms with E-state index in [1.807, 2.05) is 30.3 Å². The number of hydrogen-bond acceptors (Lipinski definition) is 5. The molecule has 1 aromatic heterocycles. The number of benzene rings is 1. The van der Waals surface area contributed by atoms with Crippen LogP contribution in [0.3, 0.4) is 0 Å². The molecule has 0 saturated carbocycles. The van der Waals surface area contributed by atoms with Crippen LogP contribution in [0, 0.1) is 10.2 Å². The van der Waals surface area contributed by atoms with Gasteiger partial charge in [-0.1, -0.05) is 0 Å². The van der Waals surface area contributed by atoms with Gasteiger partial charge in [0.05, 0.1) is 12.5 Å². The Labute approximate surface area is 99.0 Å². The van der Waals surface area contributed by atoms with E-state index in [2.05, 4.69) is 0 Å². The summed E-state index contributed by atoms with van der Waals surface area (Å²) in [5.41, 5.74) is 0.873. The van der Waals surface area contributed by atoms with Crippen molar-refractivity contribution in [1.82, 2.24) is 0 Å². The predicted octanol–water partition coefficient (Wildman–Crippen LogP) is -2.03. The van der Waals surface area contributed by atoms with Gasteiger partial charge in [-0.2, -0.15) is 0 Å². The fourth-order valence-corrected chi connectivity index (χ4v) is 1.15. The highest BCUT2D eigenvalue weighted by Gasteiger charge is 2.03. The van der Waals surface area contributed by atoms with Crippen LogP contribution in [0.4, 0.5) is 0 Å². The lowest BCUT2D eigenvalue weighted by molar-refractivity contribution is -2.00. The highest BCUT2D eigenvalue weighted by molar-refractivity contribution is 5.77. The second-order valence-electron chi connectivity index (χ2n) is 2.89. The van der Waals surface area contributed by atoms with Gasteiger partial charge in [-0.3, -0.25) is 0 Å². The molecule has 0 spiro atoms. The summed E-state index contributed by atoms with van der Waals surface area (Å²) in [6, 6.07) is 9.57. The molecule has 0 unspecified atom stereocenters. The van der Waals surface area contributed by atoms with Crippen LogP contribution in [-0.2, 0) is 0 Å². The second-order valence-corrected chi connectivity index (χ2v) is 3.65. The molecule has 1 heterocycles. The van der Waals surface area contributed by atoms with Crippen molar-refractivity contribution in [2.24, 2.45) is 0 Å². The van der Waals surface area contributed by atoms with Crippen molar-refractivity contribution in [2.45, 2.75) is 0 Å². The van der Waals surface area contributed by atoms with E-state index in [0.29, 0.717) is 0 Å². The van der Waals surface area contributed by atoms with Crippen molar-refractivity contribution in [3.05, 3.63) is 36.6 Å². The Morgan fingerprint density at radius 1 is 1.12 bits per heavy atom. The lowest BCUT2D eigenvalue weighted by Gasteiger charge is -2.17. The number of halogens is 1. The van der Waals surface area contributed by atoms with Crippen LogP contribution in [0.5, 0.6) is 5.75 Å².